The van der Waals surface area contributed by atoms with Crippen molar-refractivity contribution in [3.63, 3.8) is 0 Å². The van der Waals surface area contributed by atoms with Crippen LogP contribution in [0.15, 0.2) is 48.0 Å². The summed E-state index contributed by atoms with van der Waals surface area (Å²) in [6.07, 6.45) is 3.43. The predicted molar refractivity (Wildman–Crippen MR) is 128 cm³/mol. The summed E-state index contributed by atoms with van der Waals surface area (Å²) in [5.41, 5.74) is 8.95. The fraction of sp³-hybridized carbons (Fsp3) is 0.167. The number of anilines is 1. The second-order valence-corrected chi connectivity index (χ2v) is 8.78. The molecule has 0 fully saturated rings. The summed E-state index contributed by atoms with van der Waals surface area (Å²) in [6.45, 7) is 1.92. The van der Waals surface area contributed by atoms with Gasteiger partial charge in [0.1, 0.15) is 23.1 Å². The van der Waals surface area contributed by atoms with Crippen LogP contribution in [-0.2, 0) is 16.1 Å². The van der Waals surface area contributed by atoms with E-state index in [9.17, 15) is 9.59 Å². The van der Waals surface area contributed by atoms with Gasteiger partial charge in [-0.1, -0.05) is 24.3 Å². The zero-order valence-electron chi connectivity index (χ0n) is 18.1. The molecule has 1 unspecified atom stereocenters. The van der Waals surface area contributed by atoms with Crippen molar-refractivity contribution in [2.75, 3.05) is 11.9 Å². The minimum absolute atomic E-state index is 0.0563. The summed E-state index contributed by atoms with van der Waals surface area (Å²) in [5, 5.41) is 12.8. The quantitative estimate of drug-likeness (QED) is 0.372. The molecule has 0 radical (unpaired) electrons. The van der Waals surface area contributed by atoms with Gasteiger partial charge < -0.3 is 15.8 Å². The number of aromatic nitrogens is 3. The lowest BCUT2D eigenvalue weighted by atomic mass is 9.98. The number of halogens is 1. The van der Waals surface area contributed by atoms with E-state index in [1.165, 1.54) is 11.3 Å². The average Bonchev–Trinajstić information content (AvgIpc) is 3.50. The zero-order valence-corrected chi connectivity index (χ0v) is 18.9. The molecule has 2 aromatic carbocycles. The van der Waals surface area contributed by atoms with Crippen LogP contribution >= 0.6 is 11.3 Å². The molecule has 2 aromatic heterocycles. The van der Waals surface area contributed by atoms with Crippen molar-refractivity contribution in [2.45, 2.75) is 13.5 Å². The number of aromatic amines is 1. The van der Waals surface area contributed by atoms with E-state index < -0.39 is 11.7 Å². The van der Waals surface area contributed by atoms with E-state index in [1.807, 2.05) is 0 Å². The number of nitrogens with two attached hydrogens (primary N) is 1. The summed E-state index contributed by atoms with van der Waals surface area (Å²) < 4.78 is 20.3. The molecule has 0 spiro atoms. The van der Waals surface area contributed by atoms with E-state index in [1.54, 1.807) is 54.9 Å². The molecule has 5 rings (SSSR count). The zero-order chi connectivity index (χ0) is 23.8. The van der Waals surface area contributed by atoms with E-state index in [4.69, 9.17) is 10.5 Å². The number of nitrogens with zero attached hydrogens (tertiary/aromatic N) is 2. The number of cyclic esters (lactones) is 1. The van der Waals surface area contributed by atoms with Crippen LogP contribution in [0.1, 0.15) is 28.0 Å². The molecule has 34 heavy (non-hydrogen) atoms. The number of nitrogens with one attached hydrogen (secondary N) is 2. The van der Waals surface area contributed by atoms with Crippen LogP contribution < -0.4 is 11.1 Å². The number of carbonyl (C=O) groups excluding carboxylic acids is 2. The Kier molecular flexibility index (Phi) is 5.68. The minimum Gasteiger partial charge on any atom is -0.460 e. The molecule has 1 aliphatic heterocycles. The predicted octanol–water partition coefficient (Wildman–Crippen LogP) is 4.11. The molecular weight excluding hydrogens is 457 g/mol. The first kappa shape index (κ1) is 21.9. The van der Waals surface area contributed by atoms with Crippen LogP contribution in [0.2, 0.25) is 0 Å². The lowest BCUT2D eigenvalue weighted by molar-refractivity contribution is -0.145. The Bertz CT molecular complexity index is 1460. The second-order valence-electron chi connectivity index (χ2n) is 7.92. The maximum atomic E-state index is 15.1. The van der Waals surface area contributed by atoms with Gasteiger partial charge in [-0.05, 0) is 19.1 Å². The summed E-state index contributed by atoms with van der Waals surface area (Å²) in [6, 6.07) is 8.47. The number of hydrogen-bond acceptors (Lipinski definition) is 7. The molecule has 0 bridgehead atoms. The second kappa shape index (κ2) is 8.81. The van der Waals surface area contributed by atoms with Crippen molar-refractivity contribution in [1.82, 2.24) is 15.2 Å². The molecule has 10 heteroatoms. The third kappa shape index (κ3) is 3.97. The van der Waals surface area contributed by atoms with Crippen molar-refractivity contribution in [3.05, 3.63) is 70.1 Å². The number of carbonyl (C=O) groups is 2. The van der Waals surface area contributed by atoms with E-state index in [0.717, 1.165) is 11.0 Å². The van der Waals surface area contributed by atoms with E-state index in [0.29, 0.717) is 32.9 Å². The molecule has 1 atom stereocenters. The van der Waals surface area contributed by atoms with Gasteiger partial charge in [0.25, 0.3) is 5.91 Å². The summed E-state index contributed by atoms with van der Waals surface area (Å²) in [7, 11) is 0. The smallest absolute Gasteiger partial charge is 0.312 e. The van der Waals surface area contributed by atoms with Crippen molar-refractivity contribution < 1.29 is 18.7 Å². The Balaban J connectivity index is 1.49. The van der Waals surface area contributed by atoms with Gasteiger partial charge in [-0.25, -0.2) is 9.37 Å². The van der Waals surface area contributed by atoms with Crippen molar-refractivity contribution in [1.29, 1.82) is 0 Å². The first-order chi connectivity index (χ1) is 16.4. The van der Waals surface area contributed by atoms with Gasteiger partial charge in [-0.3, -0.25) is 14.7 Å². The lowest BCUT2D eigenvalue weighted by Crippen LogP contribution is -2.20. The van der Waals surface area contributed by atoms with Crippen molar-refractivity contribution in [2.24, 2.45) is 11.7 Å². The Morgan fingerprint density at radius 1 is 1.35 bits per heavy atom. The number of fused-ring (bicyclic) bond motifs is 1. The highest BCUT2D eigenvalue weighted by molar-refractivity contribution is 7.11. The van der Waals surface area contributed by atoms with E-state index in [2.05, 4.69) is 20.5 Å². The number of esters is 1. The van der Waals surface area contributed by atoms with Gasteiger partial charge in [-0.15, -0.1) is 11.3 Å². The molecule has 4 N–H and O–H groups in total. The van der Waals surface area contributed by atoms with Gasteiger partial charge in [0.2, 0.25) is 0 Å². The van der Waals surface area contributed by atoms with Crippen molar-refractivity contribution in [3.8, 4) is 11.1 Å². The SMILES string of the molecule is CC1C=C(c2nc(C(=O)Nc3cc4[nH]ncc4cc3-c3cccc(CN)c3F)cs2)COC1=O. The Morgan fingerprint density at radius 3 is 3.00 bits per heavy atom. The lowest BCUT2D eigenvalue weighted by Gasteiger charge is -2.16. The highest BCUT2D eigenvalue weighted by Gasteiger charge is 2.23. The Hall–Kier alpha value is -3.89. The monoisotopic (exact) mass is 477 g/mol. The molecule has 1 aliphatic rings. The number of benzene rings is 2. The molecular formula is C24H20FN5O3S. The standard InChI is InChI=1S/C24H20FN5O3S/c1-12-5-15(10-33-24(12)32)23-29-20(11-34-23)22(31)28-19-7-18-14(9-27-30-18)6-17(19)16-4-2-3-13(8-26)21(16)25/h2-7,9,11-12H,8,10,26H2,1H3,(H,27,30)(H,28,31). The van der Waals surface area contributed by atoms with Crippen LogP contribution in [0.25, 0.3) is 27.6 Å². The molecule has 3 heterocycles. The number of ether oxygens (including phenoxy) is 1. The molecule has 172 valence electrons. The Labute approximate surface area is 197 Å². The van der Waals surface area contributed by atoms with Crippen LogP contribution in [0.3, 0.4) is 0 Å². The topological polar surface area (TPSA) is 123 Å². The fourth-order valence-corrected chi connectivity index (χ4v) is 4.62. The molecule has 1 amide bonds. The Morgan fingerprint density at radius 2 is 2.21 bits per heavy atom. The van der Waals surface area contributed by atoms with Crippen LogP contribution in [0, 0.1) is 11.7 Å². The third-order valence-electron chi connectivity index (χ3n) is 5.62. The number of hydrogen-bond donors (Lipinski definition) is 3. The number of rotatable bonds is 5. The summed E-state index contributed by atoms with van der Waals surface area (Å²) in [5.74, 6) is -1.54. The van der Waals surface area contributed by atoms with Crippen LogP contribution in [-0.4, -0.2) is 33.7 Å². The summed E-state index contributed by atoms with van der Waals surface area (Å²) in [4.78, 5) is 29.1. The molecule has 0 aliphatic carbocycles. The van der Waals surface area contributed by atoms with E-state index >= 15 is 4.39 Å². The van der Waals surface area contributed by atoms with Gasteiger partial charge in [0.15, 0.2) is 0 Å². The maximum absolute atomic E-state index is 15.1. The normalized spacial score (nSPS) is 15.8. The van der Waals surface area contributed by atoms with Gasteiger partial charge in [0.05, 0.1) is 23.3 Å². The van der Waals surface area contributed by atoms with Crippen LogP contribution in [0.5, 0.6) is 0 Å². The van der Waals surface area contributed by atoms with Crippen LogP contribution in [0.4, 0.5) is 10.1 Å². The van der Waals surface area contributed by atoms with Crippen molar-refractivity contribution >= 4 is 45.4 Å². The van der Waals surface area contributed by atoms with Gasteiger partial charge in [-0.2, -0.15) is 5.10 Å². The molecule has 8 nitrogen and oxygen atoms in total. The molecule has 0 saturated heterocycles. The van der Waals surface area contributed by atoms with E-state index in [-0.39, 0.29) is 30.7 Å². The number of H-pyrrole nitrogens is 1. The first-order valence-corrected chi connectivity index (χ1v) is 11.4. The number of thiazole rings is 1. The third-order valence-corrected chi connectivity index (χ3v) is 6.54. The van der Waals surface area contributed by atoms with Gasteiger partial charge >= 0.3 is 5.97 Å². The molecule has 4 aromatic rings. The highest BCUT2D eigenvalue weighted by atomic mass is 32.1. The molecule has 0 saturated carbocycles. The largest absolute Gasteiger partial charge is 0.460 e. The average molecular weight is 478 g/mol. The maximum Gasteiger partial charge on any atom is 0.312 e. The highest BCUT2D eigenvalue weighted by Crippen LogP contribution is 2.35. The number of amides is 1. The fourth-order valence-electron chi connectivity index (χ4n) is 3.81. The summed E-state index contributed by atoms with van der Waals surface area (Å²) >= 11 is 1.29. The van der Waals surface area contributed by atoms with Gasteiger partial charge in [0, 0.05) is 39.6 Å². The first-order valence-electron chi connectivity index (χ1n) is 10.5. The minimum atomic E-state index is -0.445.